The van der Waals surface area contributed by atoms with Gasteiger partial charge in [0.25, 0.3) is 0 Å². The first kappa shape index (κ1) is 8.31. The summed E-state index contributed by atoms with van der Waals surface area (Å²) in [5.74, 6) is 0. The van der Waals surface area contributed by atoms with Gasteiger partial charge in [0.05, 0.1) is 6.20 Å². The Morgan fingerprint density at radius 2 is 2.00 bits per heavy atom. The average Bonchev–Trinajstić information content (AvgIpc) is 2.20. The summed E-state index contributed by atoms with van der Waals surface area (Å²) in [6.45, 7) is 0. The van der Waals surface area contributed by atoms with Crippen molar-refractivity contribution >= 4 is 15.9 Å². The highest BCUT2D eigenvalue weighted by Crippen LogP contribution is 2.22. The van der Waals surface area contributed by atoms with E-state index in [2.05, 4.69) is 30.9 Å². The average molecular weight is 236 g/mol. The Labute approximate surface area is 84.0 Å². The summed E-state index contributed by atoms with van der Waals surface area (Å²) < 4.78 is 0.926. The summed E-state index contributed by atoms with van der Waals surface area (Å²) in [5.41, 5.74) is 1.59. The molecule has 0 aliphatic carbocycles. The van der Waals surface area contributed by atoms with E-state index >= 15 is 0 Å². The van der Waals surface area contributed by atoms with Crippen molar-refractivity contribution < 1.29 is 0 Å². The maximum Gasteiger partial charge on any atom is 0.108 e. The zero-order valence-corrected chi connectivity index (χ0v) is 8.27. The van der Waals surface area contributed by atoms with Crippen LogP contribution in [-0.2, 0) is 0 Å². The molecular formula is C9H6BrN3. The van der Waals surface area contributed by atoms with Crippen LogP contribution >= 0.6 is 15.9 Å². The predicted octanol–water partition coefficient (Wildman–Crippen LogP) is 2.30. The minimum atomic E-state index is 0.773. The number of halogens is 1. The standard InChI is InChI=1S/C9H6BrN3/c10-7-2-1-3-13-9(7)8-6-11-4-5-12-8/h1-6H. The molecule has 0 bridgehead atoms. The van der Waals surface area contributed by atoms with Crippen molar-refractivity contribution in [3.63, 3.8) is 0 Å². The highest BCUT2D eigenvalue weighted by molar-refractivity contribution is 9.10. The fraction of sp³-hybridized carbons (Fsp3) is 0. The number of nitrogens with zero attached hydrogens (tertiary/aromatic N) is 3. The first-order valence-corrected chi connectivity index (χ1v) is 4.54. The molecule has 0 atom stereocenters. The van der Waals surface area contributed by atoms with Gasteiger partial charge in [0.1, 0.15) is 11.4 Å². The second-order valence-electron chi connectivity index (χ2n) is 2.42. The van der Waals surface area contributed by atoms with Crippen LogP contribution in [0.5, 0.6) is 0 Å². The third-order valence-electron chi connectivity index (χ3n) is 1.56. The SMILES string of the molecule is Brc1cccnc1-c1cnccn1. The van der Waals surface area contributed by atoms with Crippen molar-refractivity contribution in [2.45, 2.75) is 0 Å². The summed E-state index contributed by atoms with van der Waals surface area (Å²) in [6, 6.07) is 3.79. The van der Waals surface area contributed by atoms with Crippen molar-refractivity contribution in [3.8, 4) is 11.4 Å². The maximum absolute atomic E-state index is 4.20. The molecule has 2 heterocycles. The van der Waals surface area contributed by atoms with E-state index in [4.69, 9.17) is 0 Å². The van der Waals surface area contributed by atoms with Gasteiger partial charge in [-0.05, 0) is 28.1 Å². The number of aromatic nitrogens is 3. The van der Waals surface area contributed by atoms with E-state index in [-0.39, 0.29) is 0 Å². The minimum Gasteiger partial charge on any atom is -0.261 e. The molecule has 0 amide bonds. The van der Waals surface area contributed by atoms with E-state index in [1.165, 1.54) is 0 Å². The van der Waals surface area contributed by atoms with Gasteiger partial charge in [-0.2, -0.15) is 0 Å². The zero-order chi connectivity index (χ0) is 9.10. The topological polar surface area (TPSA) is 38.7 Å². The molecule has 0 aliphatic heterocycles. The fourth-order valence-corrected chi connectivity index (χ4v) is 1.45. The second-order valence-corrected chi connectivity index (χ2v) is 3.28. The Hall–Kier alpha value is -1.29. The molecule has 0 fully saturated rings. The lowest BCUT2D eigenvalue weighted by Gasteiger charge is -1.99. The quantitative estimate of drug-likeness (QED) is 0.762. The Morgan fingerprint density at radius 1 is 1.08 bits per heavy atom. The summed E-state index contributed by atoms with van der Waals surface area (Å²) in [7, 11) is 0. The van der Waals surface area contributed by atoms with Crippen molar-refractivity contribution in [1.82, 2.24) is 15.0 Å². The van der Waals surface area contributed by atoms with Gasteiger partial charge in [-0.1, -0.05) is 0 Å². The van der Waals surface area contributed by atoms with Gasteiger partial charge in [0.2, 0.25) is 0 Å². The van der Waals surface area contributed by atoms with Gasteiger partial charge in [-0.3, -0.25) is 15.0 Å². The second kappa shape index (κ2) is 3.62. The van der Waals surface area contributed by atoms with E-state index < -0.39 is 0 Å². The highest BCUT2D eigenvalue weighted by atomic mass is 79.9. The van der Waals surface area contributed by atoms with E-state index in [9.17, 15) is 0 Å². The van der Waals surface area contributed by atoms with Gasteiger partial charge in [-0.25, -0.2) is 0 Å². The molecule has 0 aliphatic rings. The Kier molecular flexibility index (Phi) is 2.31. The van der Waals surface area contributed by atoms with Gasteiger partial charge in [0, 0.05) is 23.1 Å². The normalized spacial score (nSPS) is 9.92. The van der Waals surface area contributed by atoms with Crippen LogP contribution in [0.2, 0.25) is 0 Å². The molecule has 0 radical (unpaired) electrons. The molecule has 2 rings (SSSR count). The first-order chi connectivity index (χ1) is 6.38. The molecule has 2 aromatic heterocycles. The predicted molar refractivity (Wildman–Crippen MR) is 53.0 cm³/mol. The molecule has 3 nitrogen and oxygen atoms in total. The Morgan fingerprint density at radius 3 is 2.69 bits per heavy atom. The molecule has 0 N–H and O–H groups in total. The molecular weight excluding hydrogens is 230 g/mol. The van der Waals surface area contributed by atoms with Crippen LogP contribution in [0, 0.1) is 0 Å². The minimum absolute atomic E-state index is 0.773. The van der Waals surface area contributed by atoms with Crippen LogP contribution < -0.4 is 0 Å². The molecule has 0 aromatic carbocycles. The number of pyridine rings is 1. The highest BCUT2D eigenvalue weighted by Gasteiger charge is 2.03. The van der Waals surface area contributed by atoms with Gasteiger partial charge < -0.3 is 0 Å². The van der Waals surface area contributed by atoms with Crippen LogP contribution in [-0.4, -0.2) is 15.0 Å². The monoisotopic (exact) mass is 235 g/mol. The molecule has 0 saturated carbocycles. The van der Waals surface area contributed by atoms with Crippen molar-refractivity contribution in [2.24, 2.45) is 0 Å². The van der Waals surface area contributed by atoms with Crippen molar-refractivity contribution in [2.75, 3.05) is 0 Å². The summed E-state index contributed by atoms with van der Waals surface area (Å²) in [4.78, 5) is 12.3. The van der Waals surface area contributed by atoms with Gasteiger partial charge >= 0.3 is 0 Å². The first-order valence-electron chi connectivity index (χ1n) is 3.75. The van der Waals surface area contributed by atoms with E-state index in [0.29, 0.717) is 0 Å². The lowest BCUT2D eigenvalue weighted by Crippen LogP contribution is -1.88. The fourth-order valence-electron chi connectivity index (χ4n) is 0.996. The maximum atomic E-state index is 4.20. The van der Waals surface area contributed by atoms with E-state index in [1.807, 2.05) is 12.1 Å². The van der Waals surface area contributed by atoms with Gasteiger partial charge in [0.15, 0.2) is 0 Å². The molecule has 0 saturated heterocycles. The molecule has 4 heteroatoms. The largest absolute Gasteiger partial charge is 0.261 e. The zero-order valence-electron chi connectivity index (χ0n) is 6.68. The molecule has 0 spiro atoms. The smallest absolute Gasteiger partial charge is 0.108 e. The molecule has 13 heavy (non-hydrogen) atoms. The summed E-state index contributed by atoms with van der Waals surface area (Å²) in [6.07, 6.45) is 6.71. The number of rotatable bonds is 1. The lowest BCUT2D eigenvalue weighted by molar-refractivity contribution is 1.17. The lowest BCUT2D eigenvalue weighted by atomic mass is 10.3. The van der Waals surface area contributed by atoms with Crippen LogP contribution in [0.25, 0.3) is 11.4 Å². The third kappa shape index (κ3) is 1.72. The third-order valence-corrected chi connectivity index (χ3v) is 2.20. The Bertz CT molecular complexity index is 403. The summed E-state index contributed by atoms with van der Waals surface area (Å²) in [5, 5.41) is 0. The number of hydrogen-bond acceptors (Lipinski definition) is 3. The molecule has 0 unspecified atom stereocenters. The molecule has 2 aromatic rings. The Balaban J connectivity index is 2.54. The molecule has 64 valence electrons. The van der Waals surface area contributed by atoms with Crippen molar-refractivity contribution in [1.29, 1.82) is 0 Å². The number of hydrogen-bond donors (Lipinski definition) is 0. The summed E-state index contributed by atoms with van der Waals surface area (Å²) >= 11 is 3.40. The van der Waals surface area contributed by atoms with E-state index in [1.54, 1.807) is 24.8 Å². The van der Waals surface area contributed by atoms with Crippen LogP contribution in [0.3, 0.4) is 0 Å². The van der Waals surface area contributed by atoms with Gasteiger partial charge in [-0.15, -0.1) is 0 Å². The van der Waals surface area contributed by atoms with Crippen molar-refractivity contribution in [3.05, 3.63) is 41.4 Å². The van der Waals surface area contributed by atoms with E-state index in [0.717, 1.165) is 15.9 Å². The van der Waals surface area contributed by atoms with Crippen LogP contribution in [0.15, 0.2) is 41.4 Å². The van der Waals surface area contributed by atoms with Crippen LogP contribution in [0.1, 0.15) is 0 Å². The van der Waals surface area contributed by atoms with Crippen LogP contribution in [0.4, 0.5) is 0 Å².